The molecule has 1 amide bonds. The summed E-state index contributed by atoms with van der Waals surface area (Å²) in [5, 5.41) is -0.774. The van der Waals surface area contributed by atoms with Gasteiger partial charge in [0.05, 0.1) is 0 Å². The van der Waals surface area contributed by atoms with Gasteiger partial charge in [-0.25, -0.2) is 4.39 Å². The van der Waals surface area contributed by atoms with Crippen molar-refractivity contribution in [1.82, 2.24) is 4.90 Å². The number of hydrogen-bond acceptors (Lipinski definition) is 1. The van der Waals surface area contributed by atoms with E-state index >= 15 is 0 Å². The first kappa shape index (κ1) is 12.4. The van der Waals surface area contributed by atoms with Gasteiger partial charge in [-0.15, -0.1) is 11.6 Å². The third-order valence-electron chi connectivity index (χ3n) is 3.03. The molecule has 1 saturated heterocycles. The zero-order chi connectivity index (χ0) is 12.3. The van der Waals surface area contributed by atoms with Crippen molar-refractivity contribution < 1.29 is 9.18 Å². The number of hydrogen-bond donors (Lipinski definition) is 0. The highest BCUT2D eigenvalue weighted by atomic mass is 35.5. The van der Waals surface area contributed by atoms with Gasteiger partial charge in [0.2, 0.25) is 5.91 Å². The standard InChI is InChI=1S/C13H15ClFNO/c14-12(10-5-4-6-11(15)9-10)13(17)16-7-2-1-3-8-16/h4-6,9,12H,1-3,7-8H2. The minimum absolute atomic E-state index is 0.114. The fourth-order valence-corrected chi connectivity index (χ4v) is 2.36. The van der Waals surface area contributed by atoms with Gasteiger partial charge in [0.1, 0.15) is 11.2 Å². The van der Waals surface area contributed by atoms with E-state index in [2.05, 4.69) is 0 Å². The summed E-state index contributed by atoms with van der Waals surface area (Å²) in [6.07, 6.45) is 3.22. The molecule has 0 spiro atoms. The van der Waals surface area contributed by atoms with Crippen LogP contribution >= 0.6 is 11.6 Å². The van der Waals surface area contributed by atoms with Crippen molar-refractivity contribution in [3.63, 3.8) is 0 Å². The van der Waals surface area contributed by atoms with Crippen LogP contribution in [0, 0.1) is 5.82 Å². The van der Waals surface area contributed by atoms with Gasteiger partial charge >= 0.3 is 0 Å². The third-order valence-corrected chi connectivity index (χ3v) is 3.46. The zero-order valence-corrected chi connectivity index (χ0v) is 10.3. The molecule has 1 unspecified atom stereocenters. The Bertz CT molecular complexity index is 404. The van der Waals surface area contributed by atoms with Crippen LogP contribution in [0.1, 0.15) is 30.2 Å². The number of rotatable bonds is 2. The van der Waals surface area contributed by atoms with E-state index in [9.17, 15) is 9.18 Å². The van der Waals surface area contributed by atoms with Gasteiger partial charge in [0.15, 0.2) is 0 Å². The van der Waals surface area contributed by atoms with Gasteiger partial charge in [0.25, 0.3) is 0 Å². The van der Waals surface area contributed by atoms with Crippen molar-refractivity contribution in [2.75, 3.05) is 13.1 Å². The first-order valence-electron chi connectivity index (χ1n) is 5.87. The van der Waals surface area contributed by atoms with E-state index in [-0.39, 0.29) is 11.7 Å². The van der Waals surface area contributed by atoms with Crippen LogP contribution in [-0.2, 0) is 4.79 Å². The van der Waals surface area contributed by atoms with Gasteiger partial charge < -0.3 is 4.90 Å². The van der Waals surface area contributed by atoms with Crippen molar-refractivity contribution in [3.8, 4) is 0 Å². The van der Waals surface area contributed by atoms with Gasteiger partial charge in [-0.2, -0.15) is 0 Å². The number of halogens is 2. The normalized spacial score (nSPS) is 17.9. The number of alkyl halides is 1. The molecule has 4 heteroatoms. The number of carbonyl (C=O) groups is 1. The van der Waals surface area contributed by atoms with E-state index in [1.54, 1.807) is 17.0 Å². The molecular weight excluding hydrogens is 241 g/mol. The fraction of sp³-hybridized carbons (Fsp3) is 0.462. The summed E-state index contributed by atoms with van der Waals surface area (Å²) < 4.78 is 13.0. The number of amides is 1. The van der Waals surface area contributed by atoms with E-state index in [1.807, 2.05) is 0 Å². The second-order valence-corrected chi connectivity index (χ2v) is 4.74. The fourth-order valence-electron chi connectivity index (χ4n) is 2.08. The average Bonchev–Trinajstić information content (AvgIpc) is 2.38. The minimum Gasteiger partial charge on any atom is -0.341 e. The molecule has 2 rings (SSSR count). The minimum atomic E-state index is -0.774. The summed E-state index contributed by atoms with van der Waals surface area (Å²) in [5.41, 5.74) is 0.530. The van der Waals surface area contributed by atoms with Crippen LogP contribution in [0.2, 0.25) is 0 Å². The lowest BCUT2D eigenvalue weighted by Gasteiger charge is -2.28. The van der Waals surface area contributed by atoms with Crippen molar-refractivity contribution in [2.45, 2.75) is 24.6 Å². The van der Waals surface area contributed by atoms with E-state index in [0.717, 1.165) is 32.4 Å². The maximum Gasteiger partial charge on any atom is 0.245 e. The zero-order valence-electron chi connectivity index (χ0n) is 9.53. The number of nitrogens with zero attached hydrogens (tertiary/aromatic N) is 1. The summed E-state index contributed by atoms with van der Waals surface area (Å²) in [7, 11) is 0. The van der Waals surface area contributed by atoms with Gasteiger partial charge in [-0.05, 0) is 37.0 Å². The number of benzene rings is 1. The highest BCUT2D eigenvalue weighted by molar-refractivity contribution is 6.30. The average molecular weight is 256 g/mol. The largest absolute Gasteiger partial charge is 0.341 e. The summed E-state index contributed by atoms with van der Waals surface area (Å²) in [6.45, 7) is 1.52. The number of piperidine rings is 1. The van der Waals surface area contributed by atoms with E-state index in [1.165, 1.54) is 12.1 Å². The van der Waals surface area contributed by atoms with Crippen LogP contribution in [0.4, 0.5) is 4.39 Å². The first-order valence-corrected chi connectivity index (χ1v) is 6.30. The highest BCUT2D eigenvalue weighted by Gasteiger charge is 2.25. The molecule has 0 saturated carbocycles. The molecule has 0 radical (unpaired) electrons. The van der Waals surface area contributed by atoms with Gasteiger partial charge in [0, 0.05) is 13.1 Å². The molecule has 92 valence electrons. The van der Waals surface area contributed by atoms with Crippen LogP contribution in [0.5, 0.6) is 0 Å². The number of carbonyl (C=O) groups excluding carboxylic acids is 1. The second-order valence-electron chi connectivity index (χ2n) is 4.30. The molecular formula is C13H15ClFNO. The van der Waals surface area contributed by atoms with Crippen LogP contribution in [-0.4, -0.2) is 23.9 Å². The number of likely N-dealkylation sites (tertiary alicyclic amines) is 1. The van der Waals surface area contributed by atoms with Crippen molar-refractivity contribution >= 4 is 17.5 Å². The smallest absolute Gasteiger partial charge is 0.245 e. The first-order chi connectivity index (χ1) is 8.18. The van der Waals surface area contributed by atoms with E-state index in [0.29, 0.717) is 5.56 Å². The molecule has 1 aliphatic heterocycles. The monoisotopic (exact) mass is 255 g/mol. The van der Waals surface area contributed by atoms with Gasteiger partial charge in [-0.3, -0.25) is 4.79 Å². The Balaban J connectivity index is 2.08. The molecule has 0 aliphatic carbocycles. The topological polar surface area (TPSA) is 20.3 Å². The molecule has 0 aromatic heterocycles. The quantitative estimate of drug-likeness (QED) is 0.744. The Hall–Kier alpha value is -1.09. The molecule has 0 bridgehead atoms. The molecule has 1 aromatic rings. The van der Waals surface area contributed by atoms with Crippen LogP contribution in [0.25, 0.3) is 0 Å². The molecule has 1 fully saturated rings. The lowest BCUT2D eigenvalue weighted by atomic mass is 10.1. The maximum atomic E-state index is 13.0. The van der Waals surface area contributed by atoms with E-state index in [4.69, 9.17) is 11.6 Å². The summed E-state index contributed by atoms with van der Waals surface area (Å²) >= 11 is 6.10. The van der Waals surface area contributed by atoms with E-state index < -0.39 is 5.38 Å². The Labute approximate surface area is 105 Å². The predicted octanol–water partition coefficient (Wildman–Crippen LogP) is 3.12. The third kappa shape index (κ3) is 2.97. The molecule has 1 aliphatic rings. The molecule has 17 heavy (non-hydrogen) atoms. The van der Waals surface area contributed by atoms with Crippen molar-refractivity contribution in [2.24, 2.45) is 0 Å². The van der Waals surface area contributed by atoms with Crippen LogP contribution in [0.15, 0.2) is 24.3 Å². The molecule has 1 aromatic carbocycles. The SMILES string of the molecule is O=C(C(Cl)c1cccc(F)c1)N1CCCCC1. The van der Waals surface area contributed by atoms with Crippen LogP contribution < -0.4 is 0 Å². The molecule has 1 heterocycles. The summed E-state index contributed by atoms with van der Waals surface area (Å²) in [6, 6.07) is 5.92. The van der Waals surface area contributed by atoms with Crippen molar-refractivity contribution in [3.05, 3.63) is 35.6 Å². The summed E-state index contributed by atoms with van der Waals surface area (Å²) in [5.74, 6) is -0.475. The lowest BCUT2D eigenvalue weighted by molar-refractivity contribution is -0.131. The highest BCUT2D eigenvalue weighted by Crippen LogP contribution is 2.25. The Morgan fingerprint density at radius 2 is 2.00 bits per heavy atom. The second kappa shape index (κ2) is 5.50. The Kier molecular flexibility index (Phi) is 4.00. The predicted molar refractivity (Wildman–Crippen MR) is 65.4 cm³/mol. The Morgan fingerprint density at radius 3 is 2.65 bits per heavy atom. The molecule has 0 N–H and O–H groups in total. The summed E-state index contributed by atoms with van der Waals surface area (Å²) in [4.78, 5) is 13.9. The van der Waals surface area contributed by atoms with Crippen LogP contribution in [0.3, 0.4) is 0 Å². The molecule has 2 nitrogen and oxygen atoms in total. The molecule has 1 atom stereocenters. The maximum absolute atomic E-state index is 13.0. The van der Waals surface area contributed by atoms with Crippen molar-refractivity contribution in [1.29, 1.82) is 0 Å². The Morgan fingerprint density at radius 1 is 1.29 bits per heavy atom. The van der Waals surface area contributed by atoms with Gasteiger partial charge in [-0.1, -0.05) is 12.1 Å². The lowest BCUT2D eigenvalue weighted by Crippen LogP contribution is -2.37.